The smallest absolute Gasteiger partial charge is 0.258 e. The van der Waals surface area contributed by atoms with E-state index in [4.69, 9.17) is 14.7 Å². The molecule has 0 aliphatic carbocycles. The van der Waals surface area contributed by atoms with E-state index in [2.05, 4.69) is 20.8 Å². The van der Waals surface area contributed by atoms with E-state index in [1.54, 1.807) is 17.5 Å². The zero-order valence-corrected chi connectivity index (χ0v) is 18.9. The molecular formula is C24H22N6O2S. The SMILES string of the molecule is CC(C)NC(=O)COc1cccc(-c2nc(Nc3ccc4[nH]ncc4c3)c3ccsc3n2)c1. The average molecular weight is 459 g/mol. The molecule has 0 aliphatic heterocycles. The Hall–Kier alpha value is -3.98. The Balaban J connectivity index is 1.43. The van der Waals surface area contributed by atoms with Crippen molar-refractivity contribution in [2.45, 2.75) is 19.9 Å². The maximum atomic E-state index is 11.9. The Morgan fingerprint density at radius 1 is 1.15 bits per heavy atom. The second kappa shape index (κ2) is 8.87. The van der Waals surface area contributed by atoms with Gasteiger partial charge in [-0.3, -0.25) is 9.89 Å². The molecule has 3 heterocycles. The Bertz CT molecular complexity index is 1440. The second-order valence-electron chi connectivity index (χ2n) is 7.87. The molecule has 3 aromatic heterocycles. The Labute approximate surface area is 194 Å². The van der Waals surface area contributed by atoms with E-state index in [-0.39, 0.29) is 18.6 Å². The first-order chi connectivity index (χ1) is 16.0. The van der Waals surface area contributed by atoms with Crippen molar-refractivity contribution in [1.82, 2.24) is 25.5 Å². The van der Waals surface area contributed by atoms with Crippen LogP contribution in [0, 0.1) is 0 Å². The van der Waals surface area contributed by atoms with Crippen molar-refractivity contribution in [3.8, 4) is 17.1 Å². The van der Waals surface area contributed by atoms with Gasteiger partial charge in [0.15, 0.2) is 12.4 Å². The summed E-state index contributed by atoms with van der Waals surface area (Å²) in [5, 5.41) is 17.3. The van der Waals surface area contributed by atoms with E-state index in [9.17, 15) is 4.79 Å². The largest absolute Gasteiger partial charge is 0.484 e. The summed E-state index contributed by atoms with van der Waals surface area (Å²) in [4.78, 5) is 22.3. The van der Waals surface area contributed by atoms with Crippen LogP contribution in [-0.2, 0) is 4.79 Å². The van der Waals surface area contributed by atoms with Crippen LogP contribution >= 0.6 is 11.3 Å². The zero-order valence-electron chi connectivity index (χ0n) is 18.1. The van der Waals surface area contributed by atoms with Gasteiger partial charge in [0.1, 0.15) is 16.4 Å². The topological polar surface area (TPSA) is 105 Å². The predicted molar refractivity (Wildman–Crippen MR) is 131 cm³/mol. The molecule has 0 saturated heterocycles. The summed E-state index contributed by atoms with van der Waals surface area (Å²) in [6, 6.07) is 15.5. The molecule has 0 saturated carbocycles. The number of thiophene rings is 1. The second-order valence-corrected chi connectivity index (χ2v) is 8.77. The van der Waals surface area contributed by atoms with Gasteiger partial charge in [0.2, 0.25) is 0 Å². The third-order valence-corrected chi connectivity index (χ3v) is 5.75. The fourth-order valence-corrected chi connectivity index (χ4v) is 4.24. The van der Waals surface area contributed by atoms with E-state index < -0.39 is 0 Å². The number of fused-ring (bicyclic) bond motifs is 2. The van der Waals surface area contributed by atoms with Crippen LogP contribution in [0.25, 0.3) is 32.5 Å². The van der Waals surface area contributed by atoms with Crippen LogP contribution in [0.2, 0.25) is 0 Å². The molecular weight excluding hydrogens is 436 g/mol. The van der Waals surface area contributed by atoms with Gasteiger partial charge in [-0.15, -0.1) is 11.3 Å². The number of benzene rings is 2. The normalized spacial score (nSPS) is 11.2. The number of hydrogen-bond donors (Lipinski definition) is 3. The molecule has 0 spiro atoms. The fourth-order valence-electron chi connectivity index (χ4n) is 3.47. The molecule has 0 radical (unpaired) electrons. The minimum atomic E-state index is -0.160. The lowest BCUT2D eigenvalue weighted by Gasteiger charge is -2.11. The van der Waals surface area contributed by atoms with Crippen molar-refractivity contribution in [1.29, 1.82) is 0 Å². The molecule has 5 aromatic rings. The Morgan fingerprint density at radius 3 is 2.94 bits per heavy atom. The van der Waals surface area contributed by atoms with E-state index >= 15 is 0 Å². The highest BCUT2D eigenvalue weighted by molar-refractivity contribution is 7.16. The number of rotatable bonds is 7. The van der Waals surface area contributed by atoms with Crippen LogP contribution in [0.1, 0.15) is 13.8 Å². The van der Waals surface area contributed by atoms with Crippen molar-refractivity contribution >= 4 is 49.9 Å². The number of hydrogen-bond acceptors (Lipinski definition) is 7. The molecule has 33 heavy (non-hydrogen) atoms. The van der Waals surface area contributed by atoms with Gasteiger partial charge in [0.05, 0.1) is 17.1 Å². The van der Waals surface area contributed by atoms with Crippen LogP contribution < -0.4 is 15.4 Å². The van der Waals surface area contributed by atoms with E-state index in [0.717, 1.165) is 38.2 Å². The fraction of sp³-hybridized carbons (Fsp3) is 0.167. The van der Waals surface area contributed by atoms with Gasteiger partial charge in [-0.1, -0.05) is 12.1 Å². The number of amides is 1. The molecule has 3 N–H and O–H groups in total. The molecule has 0 aliphatic rings. The first kappa shape index (κ1) is 20.9. The number of nitrogens with zero attached hydrogens (tertiary/aromatic N) is 3. The number of carbonyl (C=O) groups excluding carboxylic acids is 1. The van der Waals surface area contributed by atoms with Gasteiger partial charge in [0.25, 0.3) is 5.91 Å². The van der Waals surface area contributed by atoms with Crippen LogP contribution in [0.15, 0.2) is 60.1 Å². The maximum absolute atomic E-state index is 11.9. The molecule has 8 nitrogen and oxygen atoms in total. The molecule has 0 fully saturated rings. The van der Waals surface area contributed by atoms with Crippen LogP contribution in [0.3, 0.4) is 0 Å². The van der Waals surface area contributed by atoms with Gasteiger partial charge in [0, 0.05) is 22.7 Å². The maximum Gasteiger partial charge on any atom is 0.258 e. The average Bonchev–Trinajstić information content (AvgIpc) is 3.46. The van der Waals surface area contributed by atoms with Crippen LogP contribution in [-0.4, -0.2) is 38.7 Å². The molecule has 0 bridgehead atoms. The van der Waals surface area contributed by atoms with Gasteiger partial charge < -0.3 is 15.4 Å². The summed E-state index contributed by atoms with van der Waals surface area (Å²) in [6.45, 7) is 3.78. The van der Waals surface area contributed by atoms with Crippen molar-refractivity contribution < 1.29 is 9.53 Å². The first-order valence-corrected chi connectivity index (χ1v) is 11.4. The molecule has 5 rings (SSSR count). The highest BCUT2D eigenvalue weighted by Crippen LogP contribution is 2.32. The van der Waals surface area contributed by atoms with Gasteiger partial charge in [-0.25, -0.2) is 9.97 Å². The lowest BCUT2D eigenvalue weighted by Crippen LogP contribution is -2.34. The molecule has 9 heteroatoms. The molecule has 0 unspecified atom stereocenters. The van der Waals surface area contributed by atoms with Crippen LogP contribution in [0.4, 0.5) is 11.5 Å². The standard InChI is InChI=1S/C24H22N6O2S/c1-14(2)26-21(31)13-32-18-5-3-4-15(11-18)22-28-23(19-8-9-33-24(19)29-22)27-17-6-7-20-16(10-17)12-25-30-20/h3-12,14H,13H2,1-2H3,(H,25,30)(H,26,31)(H,27,28,29). The van der Waals surface area contributed by atoms with Crippen molar-refractivity contribution in [2.75, 3.05) is 11.9 Å². The number of ether oxygens (including phenoxy) is 1. The van der Waals surface area contributed by atoms with Gasteiger partial charge in [-0.2, -0.15) is 5.10 Å². The quantitative estimate of drug-likeness (QED) is 0.321. The number of carbonyl (C=O) groups is 1. The van der Waals surface area contributed by atoms with Crippen molar-refractivity contribution in [3.63, 3.8) is 0 Å². The number of aromatic nitrogens is 4. The zero-order chi connectivity index (χ0) is 22.8. The number of nitrogens with one attached hydrogen (secondary N) is 3. The molecule has 2 aromatic carbocycles. The monoisotopic (exact) mass is 458 g/mol. The molecule has 166 valence electrons. The number of H-pyrrole nitrogens is 1. The third-order valence-electron chi connectivity index (χ3n) is 4.94. The summed E-state index contributed by atoms with van der Waals surface area (Å²) in [5.74, 6) is 1.73. The first-order valence-electron chi connectivity index (χ1n) is 10.5. The van der Waals surface area contributed by atoms with Gasteiger partial charge in [-0.05, 0) is 55.6 Å². The Morgan fingerprint density at radius 2 is 2.06 bits per heavy atom. The number of anilines is 2. The minimum Gasteiger partial charge on any atom is -0.484 e. The molecule has 1 amide bonds. The number of aromatic amines is 1. The summed E-state index contributed by atoms with van der Waals surface area (Å²) in [7, 11) is 0. The van der Waals surface area contributed by atoms with Crippen molar-refractivity contribution in [2.24, 2.45) is 0 Å². The van der Waals surface area contributed by atoms with E-state index in [1.807, 2.05) is 67.8 Å². The summed E-state index contributed by atoms with van der Waals surface area (Å²) >= 11 is 1.56. The van der Waals surface area contributed by atoms with Crippen LogP contribution in [0.5, 0.6) is 5.75 Å². The predicted octanol–water partition coefficient (Wildman–Crippen LogP) is 4.88. The lowest BCUT2D eigenvalue weighted by molar-refractivity contribution is -0.123. The third kappa shape index (κ3) is 4.63. The highest BCUT2D eigenvalue weighted by atomic mass is 32.1. The minimum absolute atomic E-state index is 0.0459. The summed E-state index contributed by atoms with van der Waals surface area (Å²) in [6.07, 6.45) is 1.79. The Kier molecular flexibility index (Phi) is 5.62. The van der Waals surface area contributed by atoms with Gasteiger partial charge >= 0.3 is 0 Å². The van der Waals surface area contributed by atoms with Crippen molar-refractivity contribution in [3.05, 3.63) is 60.1 Å². The lowest BCUT2D eigenvalue weighted by atomic mass is 10.2. The van der Waals surface area contributed by atoms with E-state index in [0.29, 0.717) is 11.6 Å². The highest BCUT2D eigenvalue weighted by Gasteiger charge is 2.13. The van der Waals surface area contributed by atoms with E-state index in [1.165, 1.54) is 0 Å². The molecule has 0 atom stereocenters. The summed E-state index contributed by atoms with van der Waals surface area (Å²) < 4.78 is 5.67. The summed E-state index contributed by atoms with van der Waals surface area (Å²) in [5.41, 5.74) is 2.69.